The molecule has 1 atom stereocenters. The van der Waals surface area contributed by atoms with Gasteiger partial charge < -0.3 is 14.6 Å². The third-order valence-corrected chi connectivity index (χ3v) is 2.69. The van der Waals surface area contributed by atoms with Crippen molar-refractivity contribution in [2.24, 2.45) is 0 Å². The Hall–Kier alpha value is -1.39. The maximum Gasteiger partial charge on any atom is 0.307 e. The standard InChI is InChI=1S/C13H16O4/c1-13(2)16-8-11(17-13)10-5-3-4-9(6-10)7-12(14)15/h3-6,11H,7-8H2,1-2H3,(H,14,15). The summed E-state index contributed by atoms with van der Waals surface area (Å²) in [6.45, 7) is 4.24. The van der Waals surface area contributed by atoms with Gasteiger partial charge in [0.2, 0.25) is 0 Å². The van der Waals surface area contributed by atoms with Crippen LogP contribution in [0.4, 0.5) is 0 Å². The fraction of sp³-hybridized carbons (Fsp3) is 0.462. The zero-order valence-electron chi connectivity index (χ0n) is 9.97. The van der Waals surface area contributed by atoms with E-state index < -0.39 is 11.8 Å². The van der Waals surface area contributed by atoms with E-state index in [0.717, 1.165) is 11.1 Å². The number of hydrogen-bond donors (Lipinski definition) is 1. The Morgan fingerprint density at radius 3 is 2.88 bits per heavy atom. The third kappa shape index (κ3) is 3.05. The Kier molecular flexibility index (Phi) is 3.17. The summed E-state index contributed by atoms with van der Waals surface area (Å²) in [6, 6.07) is 7.45. The molecule has 17 heavy (non-hydrogen) atoms. The smallest absolute Gasteiger partial charge is 0.307 e. The van der Waals surface area contributed by atoms with Gasteiger partial charge in [0, 0.05) is 0 Å². The maximum absolute atomic E-state index is 10.6. The van der Waals surface area contributed by atoms with E-state index in [-0.39, 0.29) is 12.5 Å². The van der Waals surface area contributed by atoms with Crippen LogP contribution in [0.5, 0.6) is 0 Å². The predicted molar refractivity (Wildman–Crippen MR) is 61.6 cm³/mol. The molecule has 0 saturated carbocycles. The summed E-state index contributed by atoms with van der Waals surface area (Å²) in [4.78, 5) is 10.6. The summed E-state index contributed by atoms with van der Waals surface area (Å²) in [5.74, 6) is -1.39. The number of carboxylic acid groups (broad SMARTS) is 1. The van der Waals surface area contributed by atoms with E-state index in [0.29, 0.717) is 6.61 Å². The molecule has 1 aromatic rings. The number of benzene rings is 1. The van der Waals surface area contributed by atoms with Gasteiger partial charge in [-0.2, -0.15) is 0 Å². The van der Waals surface area contributed by atoms with E-state index in [4.69, 9.17) is 14.6 Å². The van der Waals surface area contributed by atoms with Crippen molar-refractivity contribution in [2.45, 2.75) is 32.2 Å². The molecule has 1 aliphatic rings. The fourth-order valence-electron chi connectivity index (χ4n) is 1.93. The Balaban J connectivity index is 2.14. The highest BCUT2D eigenvalue weighted by Gasteiger charge is 2.33. The van der Waals surface area contributed by atoms with Crippen molar-refractivity contribution < 1.29 is 19.4 Å². The van der Waals surface area contributed by atoms with Crippen LogP contribution in [-0.2, 0) is 20.7 Å². The maximum atomic E-state index is 10.6. The summed E-state index contributed by atoms with van der Waals surface area (Å²) in [5, 5.41) is 8.75. The molecule has 4 heteroatoms. The minimum atomic E-state index is -0.828. The van der Waals surface area contributed by atoms with Gasteiger partial charge in [-0.3, -0.25) is 4.79 Å². The predicted octanol–water partition coefficient (Wildman–Crippen LogP) is 2.14. The summed E-state index contributed by atoms with van der Waals surface area (Å²) >= 11 is 0. The molecule has 1 heterocycles. The van der Waals surface area contributed by atoms with Crippen LogP contribution in [0.15, 0.2) is 24.3 Å². The number of hydrogen-bond acceptors (Lipinski definition) is 3. The summed E-state index contributed by atoms with van der Waals surface area (Å²) < 4.78 is 11.2. The van der Waals surface area contributed by atoms with Crippen molar-refractivity contribution in [3.8, 4) is 0 Å². The molecule has 1 saturated heterocycles. The average molecular weight is 236 g/mol. The molecule has 0 bridgehead atoms. The molecule has 4 nitrogen and oxygen atoms in total. The monoisotopic (exact) mass is 236 g/mol. The molecule has 0 amide bonds. The summed E-state index contributed by atoms with van der Waals surface area (Å²) in [7, 11) is 0. The minimum Gasteiger partial charge on any atom is -0.481 e. The van der Waals surface area contributed by atoms with Crippen molar-refractivity contribution in [1.29, 1.82) is 0 Å². The third-order valence-electron chi connectivity index (χ3n) is 2.69. The van der Waals surface area contributed by atoms with Gasteiger partial charge in [-0.25, -0.2) is 0 Å². The lowest BCUT2D eigenvalue weighted by Gasteiger charge is -2.17. The molecule has 92 valence electrons. The van der Waals surface area contributed by atoms with Gasteiger partial charge in [-0.1, -0.05) is 24.3 Å². The van der Waals surface area contributed by atoms with Gasteiger partial charge in [0.1, 0.15) is 6.10 Å². The van der Waals surface area contributed by atoms with E-state index in [9.17, 15) is 4.79 Å². The molecule has 0 radical (unpaired) electrons. The Labute approximate surface area is 100 Å². The Morgan fingerprint density at radius 1 is 1.53 bits per heavy atom. The van der Waals surface area contributed by atoms with Crippen LogP contribution < -0.4 is 0 Å². The minimum absolute atomic E-state index is 0.0325. The topological polar surface area (TPSA) is 55.8 Å². The second-order valence-electron chi connectivity index (χ2n) is 4.63. The molecular weight excluding hydrogens is 220 g/mol. The van der Waals surface area contributed by atoms with Crippen molar-refractivity contribution >= 4 is 5.97 Å². The lowest BCUT2D eigenvalue weighted by Crippen LogP contribution is -2.19. The normalized spacial score (nSPS) is 22.6. The van der Waals surface area contributed by atoms with Crippen molar-refractivity contribution in [1.82, 2.24) is 0 Å². The summed E-state index contributed by atoms with van der Waals surface area (Å²) in [6.07, 6.45) is -0.0797. The molecule has 0 spiro atoms. The molecule has 1 aromatic carbocycles. The Morgan fingerprint density at radius 2 is 2.29 bits per heavy atom. The molecule has 0 aromatic heterocycles. The zero-order valence-corrected chi connectivity index (χ0v) is 9.97. The Bertz CT molecular complexity index is 425. The van der Waals surface area contributed by atoms with Crippen molar-refractivity contribution in [3.63, 3.8) is 0 Å². The van der Waals surface area contributed by atoms with Crippen LogP contribution in [0.1, 0.15) is 31.1 Å². The van der Waals surface area contributed by atoms with Crippen LogP contribution in [-0.4, -0.2) is 23.5 Å². The largest absolute Gasteiger partial charge is 0.481 e. The van der Waals surface area contributed by atoms with Crippen LogP contribution in [0.25, 0.3) is 0 Å². The van der Waals surface area contributed by atoms with E-state index in [1.54, 1.807) is 6.07 Å². The quantitative estimate of drug-likeness (QED) is 0.873. The first-order chi connectivity index (χ1) is 7.96. The van der Waals surface area contributed by atoms with E-state index in [2.05, 4.69) is 0 Å². The van der Waals surface area contributed by atoms with Crippen LogP contribution >= 0.6 is 0 Å². The highest BCUT2D eigenvalue weighted by Crippen LogP contribution is 2.32. The van der Waals surface area contributed by atoms with Gasteiger partial charge in [0.25, 0.3) is 0 Å². The van der Waals surface area contributed by atoms with E-state index in [1.807, 2.05) is 32.0 Å². The average Bonchev–Trinajstić information content (AvgIpc) is 2.58. The molecule has 0 aliphatic carbocycles. The highest BCUT2D eigenvalue weighted by atomic mass is 16.7. The number of carboxylic acids is 1. The SMILES string of the molecule is CC1(C)OCC(c2cccc(CC(=O)O)c2)O1. The highest BCUT2D eigenvalue weighted by molar-refractivity contribution is 5.70. The molecule has 1 aliphatic heterocycles. The molecule has 2 rings (SSSR count). The molecule has 1 fully saturated rings. The fourth-order valence-corrected chi connectivity index (χ4v) is 1.93. The van der Waals surface area contributed by atoms with E-state index in [1.165, 1.54) is 0 Å². The van der Waals surface area contributed by atoms with Crippen molar-refractivity contribution in [2.75, 3.05) is 6.61 Å². The second-order valence-corrected chi connectivity index (χ2v) is 4.63. The van der Waals surface area contributed by atoms with Crippen LogP contribution in [0, 0.1) is 0 Å². The van der Waals surface area contributed by atoms with Gasteiger partial charge in [0.05, 0.1) is 13.0 Å². The molecule has 1 unspecified atom stereocenters. The lowest BCUT2D eigenvalue weighted by molar-refractivity contribution is -0.139. The number of aliphatic carboxylic acids is 1. The van der Waals surface area contributed by atoms with Crippen LogP contribution in [0.2, 0.25) is 0 Å². The number of carbonyl (C=O) groups is 1. The summed E-state index contributed by atoms with van der Waals surface area (Å²) in [5.41, 5.74) is 1.75. The second kappa shape index (κ2) is 4.47. The number of rotatable bonds is 3. The van der Waals surface area contributed by atoms with Gasteiger partial charge in [-0.05, 0) is 25.0 Å². The first-order valence-corrected chi connectivity index (χ1v) is 5.59. The number of ether oxygens (including phenoxy) is 2. The first-order valence-electron chi connectivity index (χ1n) is 5.59. The zero-order chi connectivity index (χ0) is 12.5. The first kappa shape index (κ1) is 12.1. The van der Waals surface area contributed by atoms with Crippen molar-refractivity contribution in [3.05, 3.63) is 35.4 Å². The van der Waals surface area contributed by atoms with E-state index >= 15 is 0 Å². The lowest BCUT2D eigenvalue weighted by atomic mass is 10.0. The van der Waals surface area contributed by atoms with Gasteiger partial charge >= 0.3 is 5.97 Å². The molecule has 1 N–H and O–H groups in total. The van der Waals surface area contributed by atoms with Crippen LogP contribution in [0.3, 0.4) is 0 Å². The molecular formula is C13H16O4. The van der Waals surface area contributed by atoms with Gasteiger partial charge in [0.15, 0.2) is 5.79 Å². The van der Waals surface area contributed by atoms with Gasteiger partial charge in [-0.15, -0.1) is 0 Å².